The zero-order valence-corrected chi connectivity index (χ0v) is 22.3. The summed E-state index contributed by atoms with van der Waals surface area (Å²) in [5.74, 6) is 1.77. The highest BCUT2D eigenvalue weighted by atomic mass is 16.3. The lowest BCUT2D eigenvalue weighted by molar-refractivity contribution is 0.668. The van der Waals surface area contributed by atoms with E-state index in [0.717, 1.165) is 66.1 Å². The molecule has 0 saturated carbocycles. The molecule has 42 heavy (non-hydrogen) atoms. The molecule has 0 aliphatic carbocycles. The summed E-state index contributed by atoms with van der Waals surface area (Å²) in [7, 11) is 0. The zero-order chi connectivity index (χ0) is 27.6. The fourth-order valence-electron chi connectivity index (χ4n) is 5.99. The van der Waals surface area contributed by atoms with Crippen molar-refractivity contribution < 1.29 is 8.83 Å². The molecule has 0 spiro atoms. The van der Waals surface area contributed by atoms with Crippen LogP contribution in [0.15, 0.2) is 118 Å². The van der Waals surface area contributed by atoms with E-state index in [1.54, 1.807) is 0 Å². The Kier molecular flexibility index (Phi) is 4.86. The summed E-state index contributed by atoms with van der Waals surface area (Å²) in [6.07, 6.45) is 3.88. The van der Waals surface area contributed by atoms with Crippen LogP contribution in [0.3, 0.4) is 0 Å². The molecule has 0 unspecified atom stereocenters. The number of hydrogen-bond acceptors (Lipinski definition) is 5. The molecule has 6 heteroatoms. The SMILES string of the molecule is C1=Cc2cc3oc4cccc(-c5nc(-c6ccccc6)nc(-c6cccc7oc8ccccc8c67)n5)c4c3cc2C[N-]1. The highest BCUT2D eigenvalue weighted by Gasteiger charge is 2.20. The van der Waals surface area contributed by atoms with E-state index in [2.05, 4.69) is 35.6 Å². The summed E-state index contributed by atoms with van der Waals surface area (Å²) in [5.41, 5.74) is 8.24. The van der Waals surface area contributed by atoms with E-state index in [4.69, 9.17) is 23.8 Å². The van der Waals surface area contributed by atoms with Crippen molar-refractivity contribution in [2.75, 3.05) is 0 Å². The minimum absolute atomic E-state index is 0.583. The van der Waals surface area contributed by atoms with Crippen molar-refractivity contribution in [2.24, 2.45) is 0 Å². The summed E-state index contributed by atoms with van der Waals surface area (Å²) in [6, 6.07) is 34.4. The van der Waals surface area contributed by atoms with Crippen LogP contribution in [0.2, 0.25) is 0 Å². The largest absolute Gasteiger partial charge is 0.687 e. The molecule has 3 aromatic heterocycles. The Morgan fingerprint density at radius 2 is 1.19 bits per heavy atom. The van der Waals surface area contributed by atoms with Gasteiger partial charge in [-0.15, -0.1) is 6.54 Å². The molecule has 5 aromatic carbocycles. The third-order valence-electron chi connectivity index (χ3n) is 7.93. The first kappa shape index (κ1) is 23.0. The molecule has 198 valence electrons. The third kappa shape index (κ3) is 3.48. The van der Waals surface area contributed by atoms with E-state index >= 15 is 0 Å². The maximum Gasteiger partial charge on any atom is 0.164 e. The molecule has 0 N–H and O–H groups in total. The monoisotopic (exact) mass is 541 g/mol. The van der Waals surface area contributed by atoms with Gasteiger partial charge in [-0.1, -0.05) is 84.4 Å². The molecule has 0 amide bonds. The lowest BCUT2D eigenvalue weighted by Crippen LogP contribution is -2.00. The van der Waals surface area contributed by atoms with E-state index in [0.29, 0.717) is 24.0 Å². The fraction of sp³-hybridized carbons (Fsp3) is 0.0278. The van der Waals surface area contributed by atoms with Crippen LogP contribution < -0.4 is 0 Å². The van der Waals surface area contributed by atoms with Crippen LogP contribution in [0.5, 0.6) is 0 Å². The minimum Gasteiger partial charge on any atom is -0.687 e. The minimum atomic E-state index is 0.583. The van der Waals surface area contributed by atoms with Crippen LogP contribution in [0.4, 0.5) is 0 Å². The second-order valence-corrected chi connectivity index (χ2v) is 10.4. The fourth-order valence-corrected chi connectivity index (χ4v) is 5.99. The number of furan rings is 2. The highest BCUT2D eigenvalue weighted by molar-refractivity contribution is 6.13. The molecular weight excluding hydrogens is 520 g/mol. The van der Waals surface area contributed by atoms with Gasteiger partial charge in [0.1, 0.15) is 22.3 Å². The lowest BCUT2D eigenvalue weighted by Gasteiger charge is -2.22. The molecule has 0 saturated heterocycles. The first-order valence-corrected chi connectivity index (χ1v) is 13.8. The average Bonchev–Trinajstić information content (AvgIpc) is 3.61. The van der Waals surface area contributed by atoms with Crippen LogP contribution in [-0.4, -0.2) is 15.0 Å². The predicted octanol–water partition coefficient (Wildman–Crippen LogP) is 9.53. The Balaban J connectivity index is 1.34. The maximum atomic E-state index is 6.36. The van der Waals surface area contributed by atoms with Crippen molar-refractivity contribution >= 4 is 50.0 Å². The van der Waals surface area contributed by atoms with E-state index in [1.807, 2.05) is 85.1 Å². The van der Waals surface area contributed by atoms with Crippen molar-refractivity contribution in [1.29, 1.82) is 0 Å². The Labute approximate surface area is 240 Å². The number of benzene rings is 5. The van der Waals surface area contributed by atoms with Crippen molar-refractivity contribution in [3.8, 4) is 34.2 Å². The molecule has 8 aromatic rings. The number of aromatic nitrogens is 3. The Morgan fingerprint density at radius 3 is 1.98 bits per heavy atom. The summed E-state index contributed by atoms with van der Waals surface area (Å²) < 4.78 is 12.5. The third-order valence-corrected chi connectivity index (χ3v) is 7.93. The summed E-state index contributed by atoms with van der Waals surface area (Å²) in [6.45, 7) is 0.646. The number of rotatable bonds is 3. The first-order chi connectivity index (χ1) is 20.8. The second-order valence-electron chi connectivity index (χ2n) is 10.4. The van der Waals surface area contributed by atoms with Crippen molar-refractivity contribution in [3.63, 3.8) is 0 Å². The molecule has 0 atom stereocenters. The van der Waals surface area contributed by atoms with Gasteiger partial charge in [0.25, 0.3) is 0 Å². The van der Waals surface area contributed by atoms with Gasteiger partial charge in [0.15, 0.2) is 17.5 Å². The average molecular weight is 542 g/mol. The Morgan fingerprint density at radius 1 is 0.548 bits per heavy atom. The number of fused-ring (bicyclic) bond motifs is 7. The Bertz CT molecular complexity index is 2370. The van der Waals surface area contributed by atoms with Crippen molar-refractivity contribution in [1.82, 2.24) is 15.0 Å². The van der Waals surface area contributed by atoms with Gasteiger partial charge < -0.3 is 14.2 Å². The van der Waals surface area contributed by atoms with E-state index < -0.39 is 0 Å². The molecule has 1 aliphatic heterocycles. The molecule has 0 fully saturated rings. The molecule has 0 radical (unpaired) electrons. The topological polar surface area (TPSA) is 79.1 Å². The zero-order valence-electron chi connectivity index (χ0n) is 22.3. The van der Waals surface area contributed by atoms with E-state index in [9.17, 15) is 0 Å². The molecule has 0 bridgehead atoms. The molecule has 6 nitrogen and oxygen atoms in total. The molecule has 4 heterocycles. The van der Waals surface area contributed by atoms with E-state index in [-0.39, 0.29) is 0 Å². The number of para-hydroxylation sites is 1. The van der Waals surface area contributed by atoms with Gasteiger partial charge in [0, 0.05) is 38.2 Å². The molecule has 1 aliphatic rings. The first-order valence-electron chi connectivity index (χ1n) is 13.8. The van der Waals surface area contributed by atoms with Crippen LogP contribution in [-0.2, 0) is 6.54 Å². The van der Waals surface area contributed by atoms with Crippen LogP contribution in [0.25, 0.3) is 89.4 Å². The maximum absolute atomic E-state index is 6.36. The van der Waals surface area contributed by atoms with Gasteiger partial charge in [-0.3, -0.25) is 0 Å². The van der Waals surface area contributed by atoms with Gasteiger partial charge in [-0.05, 0) is 35.9 Å². The molecular formula is C36H21N4O2-. The quantitative estimate of drug-likeness (QED) is 0.222. The van der Waals surface area contributed by atoms with Crippen LogP contribution in [0.1, 0.15) is 11.1 Å². The van der Waals surface area contributed by atoms with Crippen molar-refractivity contribution in [3.05, 3.63) is 126 Å². The number of nitrogens with zero attached hydrogens (tertiary/aromatic N) is 4. The summed E-state index contributed by atoms with van der Waals surface area (Å²) in [4.78, 5) is 15.2. The van der Waals surface area contributed by atoms with Crippen molar-refractivity contribution in [2.45, 2.75) is 6.54 Å². The van der Waals surface area contributed by atoms with Gasteiger partial charge in [0.2, 0.25) is 0 Å². The highest BCUT2D eigenvalue weighted by Crippen LogP contribution is 2.40. The van der Waals surface area contributed by atoms with E-state index in [1.165, 1.54) is 5.56 Å². The van der Waals surface area contributed by atoms with Gasteiger partial charge in [0.05, 0.1) is 0 Å². The standard InChI is InChI=1S/C36H21N4O2/c1-2-8-21(9-3-1)34-38-35(25-11-6-14-29-32(25)24-10-4-5-13-28(24)41-29)40-36(39-34)26-12-7-15-30-33(26)27-18-23-20-37-17-16-22(23)19-31(27)42-30/h1-19H,20H2/q-1. The van der Waals surface area contributed by atoms with Crippen LogP contribution >= 0.6 is 0 Å². The molecule has 9 rings (SSSR count). The Hall–Kier alpha value is -5.75. The normalized spacial score (nSPS) is 12.8. The van der Waals surface area contributed by atoms with Gasteiger partial charge >= 0.3 is 0 Å². The van der Waals surface area contributed by atoms with Gasteiger partial charge in [-0.2, -0.15) is 6.20 Å². The summed E-state index contributed by atoms with van der Waals surface area (Å²) in [5, 5.41) is 8.47. The second kappa shape index (κ2) is 8.88. The lowest BCUT2D eigenvalue weighted by atomic mass is 9.99. The predicted molar refractivity (Wildman–Crippen MR) is 167 cm³/mol. The smallest absolute Gasteiger partial charge is 0.164 e. The summed E-state index contributed by atoms with van der Waals surface area (Å²) >= 11 is 0. The van der Waals surface area contributed by atoms with Crippen LogP contribution in [0, 0.1) is 0 Å². The van der Waals surface area contributed by atoms with Gasteiger partial charge in [-0.25, -0.2) is 15.0 Å². The number of hydrogen-bond donors (Lipinski definition) is 0.